The molecular formula is C32H30N4O3S. The number of aromatic nitrogens is 4. The van der Waals surface area contributed by atoms with E-state index in [1.807, 2.05) is 59.2 Å². The molecule has 3 aromatic carbocycles. The first kappa shape index (κ1) is 26.1. The molecule has 40 heavy (non-hydrogen) atoms. The standard InChI is InChI=1S/C32H30N4O3S/c1-38-23-15-11-21(12-16-23)30-31(22-13-17-24(39-2)18-14-22)34-35-32(33-30)40-20-19-29(37)36-27-9-5-3-7-25(27)26-8-4-6-10-28(26)36/h3,5,7,9,11-18H,4,6,8,10,19-20H2,1-2H3. The van der Waals surface area contributed by atoms with Crippen LogP contribution in [0.3, 0.4) is 0 Å². The molecule has 7 nitrogen and oxygen atoms in total. The van der Waals surface area contributed by atoms with Crippen molar-refractivity contribution in [3.63, 3.8) is 0 Å². The molecule has 1 aliphatic carbocycles. The predicted octanol–water partition coefficient (Wildman–Crippen LogP) is 6.88. The van der Waals surface area contributed by atoms with E-state index in [2.05, 4.69) is 28.4 Å². The number of ether oxygens (including phenoxy) is 2. The summed E-state index contributed by atoms with van der Waals surface area (Å²) in [5, 5.41) is 10.7. The second kappa shape index (κ2) is 11.5. The van der Waals surface area contributed by atoms with Gasteiger partial charge in [0.15, 0.2) is 0 Å². The molecule has 5 aromatic rings. The van der Waals surface area contributed by atoms with Crippen molar-refractivity contribution < 1.29 is 14.3 Å². The summed E-state index contributed by atoms with van der Waals surface area (Å²) < 4.78 is 12.6. The number of benzene rings is 3. The van der Waals surface area contributed by atoms with Crippen LogP contribution in [0.2, 0.25) is 0 Å². The number of hydrogen-bond acceptors (Lipinski definition) is 7. The van der Waals surface area contributed by atoms with Crippen LogP contribution in [0.4, 0.5) is 0 Å². The van der Waals surface area contributed by atoms with Crippen molar-refractivity contribution in [2.24, 2.45) is 0 Å². The van der Waals surface area contributed by atoms with Crippen LogP contribution in [-0.2, 0) is 12.8 Å². The Bertz CT molecular complexity index is 1660. The number of carbonyl (C=O) groups is 1. The first-order valence-corrected chi connectivity index (χ1v) is 14.5. The summed E-state index contributed by atoms with van der Waals surface area (Å²) in [6.07, 6.45) is 4.68. The Morgan fingerprint density at radius 2 is 1.48 bits per heavy atom. The highest BCUT2D eigenvalue weighted by Gasteiger charge is 2.23. The van der Waals surface area contributed by atoms with Crippen molar-refractivity contribution in [3.8, 4) is 34.0 Å². The van der Waals surface area contributed by atoms with Gasteiger partial charge in [0.05, 0.1) is 19.7 Å². The van der Waals surface area contributed by atoms with Gasteiger partial charge in [-0.3, -0.25) is 9.36 Å². The van der Waals surface area contributed by atoms with Crippen molar-refractivity contribution >= 4 is 28.6 Å². The van der Waals surface area contributed by atoms with E-state index in [4.69, 9.17) is 14.5 Å². The van der Waals surface area contributed by atoms with Crippen LogP contribution in [0, 0.1) is 0 Å². The van der Waals surface area contributed by atoms with Crippen LogP contribution < -0.4 is 9.47 Å². The van der Waals surface area contributed by atoms with E-state index in [1.54, 1.807) is 14.2 Å². The monoisotopic (exact) mass is 550 g/mol. The summed E-state index contributed by atoms with van der Waals surface area (Å²) in [7, 11) is 3.29. The Morgan fingerprint density at radius 3 is 2.17 bits per heavy atom. The zero-order valence-corrected chi connectivity index (χ0v) is 23.4. The number of thioether (sulfide) groups is 1. The number of methoxy groups -OCH3 is 2. The maximum atomic E-state index is 13.5. The SMILES string of the molecule is COc1ccc(-c2nnc(SCCC(=O)n3c4c(c5ccccc53)CCCC4)nc2-c2ccc(OC)cc2)cc1. The van der Waals surface area contributed by atoms with Gasteiger partial charge >= 0.3 is 0 Å². The Balaban J connectivity index is 1.25. The Morgan fingerprint density at radius 1 is 0.825 bits per heavy atom. The highest BCUT2D eigenvalue weighted by Crippen LogP contribution is 2.34. The Hall–Kier alpha value is -4.17. The number of aryl methyl sites for hydroxylation is 1. The fraction of sp³-hybridized carbons (Fsp3) is 0.250. The molecule has 202 valence electrons. The van der Waals surface area contributed by atoms with Crippen molar-refractivity contribution in [1.29, 1.82) is 0 Å². The van der Waals surface area contributed by atoms with E-state index in [-0.39, 0.29) is 5.91 Å². The van der Waals surface area contributed by atoms with Gasteiger partial charge in [0.2, 0.25) is 11.1 Å². The van der Waals surface area contributed by atoms with Crippen LogP contribution in [0.5, 0.6) is 11.5 Å². The molecule has 0 saturated carbocycles. The van der Waals surface area contributed by atoms with Gasteiger partial charge in [-0.05, 0) is 85.8 Å². The lowest BCUT2D eigenvalue weighted by Gasteiger charge is -2.15. The van der Waals surface area contributed by atoms with Crippen LogP contribution in [-0.4, -0.2) is 45.6 Å². The van der Waals surface area contributed by atoms with Gasteiger partial charge < -0.3 is 9.47 Å². The summed E-state index contributed by atoms with van der Waals surface area (Å²) in [4.78, 5) is 18.4. The molecule has 0 spiro atoms. The predicted molar refractivity (Wildman–Crippen MR) is 158 cm³/mol. The highest BCUT2D eigenvalue weighted by molar-refractivity contribution is 7.99. The number of para-hydroxylation sites is 1. The molecule has 0 unspecified atom stereocenters. The highest BCUT2D eigenvalue weighted by atomic mass is 32.2. The van der Waals surface area contributed by atoms with E-state index in [9.17, 15) is 4.79 Å². The van der Waals surface area contributed by atoms with E-state index in [0.29, 0.717) is 23.0 Å². The molecule has 0 bridgehead atoms. The number of hydrogen-bond donors (Lipinski definition) is 0. The smallest absolute Gasteiger partial charge is 0.232 e. The number of nitrogens with zero attached hydrogens (tertiary/aromatic N) is 4. The third-order valence-electron chi connectivity index (χ3n) is 7.37. The molecule has 0 fully saturated rings. The Labute approximate surface area is 237 Å². The van der Waals surface area contributed by atoms with Crippen molar-refractivity contribution in [1.82, 2.24) is 19.7 Å². The van der Waals surface area contributed by atoms with Crippen LogP contribution in [0.15, 0.2) is 78.0 Å². The molecule has 0 N–H and O–H groups in total. The zero-order chi connectivity index (χ0) is 27.5. The largest absolute Gasteiger partial charge is 0.497 e. The van der Waals surface area contributed by atoms with Crippen LogP contribution >= 0.6 is 11.8 Å². The molecular weight excluding hydrogens is 520 g/mol. The van der Waals surface area contributed by atoms with Crippen LogP contribution in [0.25, 0.3) is 33.4 Å². The fourth-order valence-electron chi connectivity index (χ4n) is 5.39. The van der Waals surface area contributed by atoms with Crippen molar-refractivity contribution in [2.75, 3.05) is 20.0 Å². The summed E-state index contributed by atoms with van der Waals surface area (Å²) in [6.45, 7) is 0. The summed E-state index contributed by atoms with van der Waals surface area (Å²) in [5.41, 5.74) is 6.75. The first-order valence-electron chi connectivity index (χ1n) is 13.5. The van der Waals surface area contributed by atoms with Gasteiger partial charge in [0.25, 0.3) is 0 Å². The minimum absolute atomic E-state index is 0.116. The molecule has 2 heterocycles. The van der Waals surface area contributed by atoms with Gasteiger partial charge in [0, 0.05) is 34.4 Å². The van der Waals surface area contributed by atoms with E-state index in [1.165, 1.54) is 34.8 Å². The minimum atomic E-state index is 0.116. The Kier molecular flexibility index (Phi) is 7.51. The maximum Gasteiger partial charge on any atom is 0.232 e. The van der Waals surface area contributed by atoms with Gasteiger partial charge in [-0.1, -0.05) is 30.0 Å². The molecule has 6 rings (SSSR count). The average molecular weight is 551 g/mol. The number of fused-ring (bicyclic) bond motifs is 3. The maximum absolute atomic E-state index is 13.5. The zero-order valence-electron chi connectivity index (χ0n) is 22.6. The minimum Gasteiger partial charge on any atom is -0.497 e. The molecule has 2 aromatic heterocycles. The van der Waals surface area contributed by atoms with Crippen molar-refractivity contribution in [2.45, 2.75) is 37.3 Å². The molecule has 0 aliphatic heterocycles. The lowest BCUT2D eigenvalue weighted by atomic mass is 9.95. The third-order valence-corrected chi connectivity index (χ3v) is 8.21. The topological polar surface area (TPSA) is 79.1 Å². The van der Waals surface area contributed by atoms with Gasteiger partial charge in [0.1, 0.15) is 22.9 Å². The fourth-order valence-corrected chi connectivity index (χ4v) is 6.10. The van der Waals surface area contributed by atoms with Gasteiger partial charge in [-0.15, -0.1) is 10.2 Å². The first-order chi connectivity index (χ1) is 19.7. The summed E-state index contributed by atoms with van der Waals surface area (Å²) >= 11 is 1.45. The summed E-state index contributed by atoms with van der Waals surface area (Å²) in [6, 6.07) is 23.7. The quantitative estimate of drug-likeness (QED) is 0.195. The van der Waals surface area contributed by atoms with E-state index < -0.39 is 0 Å². The lowest BCUT2D eigenvalue weighted by Crippen LogP contribution is -2.16. The van der Waals surface area contributed by atoms with Crippen molar-refractivity contribution in [3.05, 3.63) is 84.1 Å². The van der Waals surface area contributed by atoms with E-state index in [0.717, 1.165) is 53.1 Å². The molecule has 1 aliphatic rings. The molecule has 0 radical (unpaired) electrons. The molecule has 0 saturated heterocycles. The second-order valence-electron chi connectivity index (χ2n) is 9.73. The normalized spacial score (nSPS) is 12.8. The molecule has 8 heteroatoms. The number of carbonyl (C=O) groups excluding carboxylic acids is 1. The van der Waals surface area contributed by atoms with Gasteiger partial charge in [-0.2, -0.15) is 0 Å². The van der Waals surface area contributed by atoms with E-state index >= 15 is 0 Å². The lowest BCUT2D eigenvalue weighted by molar-refractivity contribution is 0.0912. The third kappa shape index (κ3) is 5.07. The molecule has 0 atom stereocenters. The number of rotatable bonds is 8. The molecule has 0 amide bonds. The second-order valence-corrected chi connectivity index (χ2v) is 10.8. The van der Waals surface area contributed by atoms with Gasteiger partial charge in [-0.25, -0.2) is 4.98 Å². The average Bonchev–Trinajstić information content (AvgIpc) is 3.36. The van der Waals surface area contributed by atoms with Crippen LogP contribution in [0.1, 0.15) is 35.3 Å². The summed E-state index contributed by atoms with van der Waals surface area (Å²) in [5.74, 6) is 2.21.